The van der Waals surface area contributed by atoms with E-state index in [1.165, 1.54) is 0 Å². The molecule has 9 heteroatoms. The molecule has 1 atom stereocenters. The Labute approximate surface area is 114 Å². The summed E-state index contributed by atoms with van der Waals surface area (Å²) in [6.07, 6.45) is 0.648. The van der Waals surface area contributed by atoms with Crippen molar-refractivity contribution in [3.8, 4) is 5.75 Å². The quantitative estimate of drug-likeness (QED) is 0.299. The molecule has 0 saturated carbocycles. The largest absolute Gasteiger partial charge is 0.418 e. The fourth-order valence-electron chi connectivity index (χ4n) is 1.83. The molecule has 1 saturated heterocycles. The molecule has 1 amide bonds. The van der Waals surface area contributed by atoms with E-state index < -0.39 is 52.8 Å². The summed E-state index contributed by atoms with van der Waals surface area (Å²) in [5.41, 5.74) is 0. The molecule has 0 unspecified atom stereocenters. The zero-order valence-electron chi connectivity index (χ0n) is 10.3. The van der Waals surface area contributed by atoms with Crippen LogP contribution in [-0.4, -0.2) is 17.9 Å². The van der Waals surface area contributed by atoms with E-state index in [0.717, 1.165) is 0 Å². The summed E-state index contributed by atoms with van der Waals surface area (Å²) < 4.78 is 69.6. The van der Waals surface area contributed by atoms with Crippen LogP contribution < -0.4 is 10.1 Å². The summed E-state index contributed by atoms with van der Waals surface area (Å²) in [5, 5.41) is 2.20. The lowest BCUT2D eigenvalue weighted by atomic mass is 10.0. The number of hydrogen-bond acceptors (Lipinski definition) is 3. The number of hydrogen-bond donors (Lipinski definition) is 1. The summed E-state index contributed by atoms with van der Waals surface area (Å²) in [6, 6.07) is -1.19. The van der Waals surface area contributed by atoms with E-state index in [2.05, 4.69) is 10.1 Å². The van der Waals surface area contributed by atoms with E-state index in [9.17, 15) is 31.5 Å². The van der Waals surface area contributed by atoms with Gasteiger partial charge in [0.25, 0.3) is 0 Å². The second-order valence-corrected chi connectivity index (χ2v) is 4.33. The standard InChI is InChI=1S/C12H8F5NO3/c13-6-7(14)9(16)11(10(17)8(6)15)21-12(20)4-2-1-3-5(19)18-4/h4H,1-3H2,(H,18,19)/t4-/m0/s1. The van der Waals surface area contributed by atoms with Crippen LogP contribution in [0.3, 0.4) is 0 Å². The molecule has 0 aliphatic carbocycles. The van der Waals surface area contributed by atoms with Crippen LogP contribution in [0.25, 0.3) is 0 Å². The number of rotatable bonds is 2. The van der Waals surface area contributed by atoms with Crippen LogP contribution in [-0.2, 0) is 9.59 Å². The third-order valence-electron chi connectivity index (χ3n) is 2.89. The average Bonchev–Trinajstić information content (AvgIpc) is 2.47. The minimum atomic E-state index is -2.35. The number of carbonyl (C=O) groups excluding carboxylic acids is 2. The summed E-state index contributed by atoms with van der Waals surface area (Å²) in [7, 11) is 0. The van der Waals surface area contributed by atoms with Gasteiger partial charge in [-0.25, -0.2) is 18.0 Å². The van der Waals surface area contributed by atoms with Gasteiger partial charge < -0.3 is 10.1 Å². The van der Waals surface area contributed by atoms with Crippen molar-refractivity contribution in [1.29, 1.82) is 0 Å². The lowest BCUT2D eigenvalue weighted by Gasteiger charge is -2.21. The first kappa shape index (κ1) is 15.2. The normalized spacial score (nSPS) is 18.3. The molecule has 1 aromatic carbocycles. The van der Waals surface area contributed by atoms with E-state index in [-0.39, 0.29) is 12.8 Å². The fourth-order valence-corrected chi connectivity index (χ4v) is 1.83. The molecule has 1 aromatic rings. The number of ether oxygens (including phenoxy) is 1. The van der Waals surface area contributed by atoms with Crippen LogP contribution in [0.15, 0.2) is 0 Å². The molecule has 0 spiro atoms. The Kier molecular flexibility index (Phi) is 4.10. The molecule has 114 valence electrons. The van der Waals surface area contributed by atoms with E-state index >= 15 is 0 Å². The molecule has 2 rings (SSSR count). The summed E-state index contributed by atoms with van der Waals surface area (Å²) in [4.78, 5) is 22.7. The summed E-state index contributed by atoms with van der Waals surface area (Å²) in [6.45, 7) is 0. The van der Waals surface area contributed by atoms with Crippen LogP contribution in [0.4, 0.5) is 22.0 Å². The smallest absolute Gasteiger partial charge is 0.334 e. The zero-order chi connectivity index (χ0) is 15.7. The van der Waals surface area contributed by atoms with Crippen LogP contribution in [0.2, 0.25) is 0 Å². The Hall–Kier alpha value is -2.19. The van der Waals surface area contributed by atoms with Gasteiger partial charge in [-0.1, -0.05) is 0 Å². The average molecular weight is 309 g/mol. The van der Waals surface area contributed by atoms with Crippen LogP contribution in [0, 0.1) is 29.1 Å². The topological polar surface area (TPSA) is 55.4 Å². The number of carbonyl (C=O) groups is 2. The van der Waals surface area contributed by atoms with Crippen LogP contribution in [0.1, 0.15) is 19.3 Å². The highest BCUT2D eigenvalue weighted by Gasteiger charge is 2.32. The van der Waals surface area contributed by atoms with Gasteiger partial charge in [0, 0.05) is 6.42 Å². The third-order valence-corrected chi connectivity index (χ3v) is 2.89. The molecule has 0 radical (unpaired) electrons. The SMILES string of the molecule is O=C1CCC[C@@H](C(=O)Oc2c(F)c(F)c(F)c(F)c2F)N1. The van der Waals surface area contributed by atoms with Gasteiger partial charge in [-0.15, -0.1) is 0 Å². The minimum absolute atomic E-state index is 0.139. The van der Waals surface area contributed by atoms with E-state index in [1.54, 1.807) is 0 Å². The second kappa shape index (κ2) is 5.66. The Morgan fingerprint density at radius 2 is 1.52 bits per heavy atom. The molecule has 21 heavy (non-hydrogen) atoms. The van der Waals surface area contributed by atoms with E-state index in [4.69, 9.17) is 0 Å². The van der Waals surface area contributed by atoms with Crippen molar-refractivity contribution in [2.45, 2.75) is 25.3 Å². The lowest BCUT2D eigenvalue weighted by Crippen LogP contribution is -2.46. The Morgan fingerprint density at radius 1 is 1.00 bits per heavy atom. The number of halogens is 5. The number of esters is 1. The van der Waals surface area contributed by atoms with Gasteiger partial charge in [0.2, 0.25) is 40.7 Å². The maximum Gasteiger partial charge on any atom is 0.334 e. The summed E-state index contributed by atoms with van der Waals surface area (Å²) in [5.74, 6) is -14.7. The third kappa shape index (κ3) is 2.81. The van der Waals surface area contributed by atoms with Gasteiger partial charge in [-0.05, 0) is 12.8 Å². The highest BCUT2D eigenvalue weighted by atomic mass is 19.2. The molecule has 1 aliphatic rings. The predicted octanol–water partition coefficient (Wildman–Crippen LogP) is 1.96. The molecule has 0 bridgehead atoms. The summed E-state index contributed by atoms with van der Waals surface area (Å²) >= 11 is 0. The van der Waals surface area contributed by atoms with Gasteiger partial charge >= 0.3 is 5.97 Å². The number of benzene rings is 1. The molecule has 1 fully saturated rings. The van der Waals surface area contributed by atoms with Crippen molar-refractivity contribution in [3.63, 3.8) is 0 Å². The Bertz CT molecular complexity index is 590. The monoisotopic (exact) mass is 309 g/mol. The van der Waals surface area contributed by atoms with Gasteiger partial charge in [-0.2, -0.15) is 8.78 Å². The molecule has 1 N–H and O–H groups in total. The molecule has 4 nitrogen and oxygen atoms in total. The van der Waals surface area contributed by atoms with Gasteiger partial charge in [-0.3, -0.25) is 4.79 Å². The van der Waals surface area contributed by atoms with E-state index in [0.29, 0.717) is 6.42 Å². The van der Waals surface area contributed by atoms with Crippen molar-refractivity contribution >= 4 is 11.9 Å². The van der Waals surface area contributed by atoms with Crippen LogP contribution in [0.5, 0.6) is 5.75 Å². The maximum absolute atomic E-state index is 13.3. The predicted molar refractivity (Wildman–Crippen MR) is 57.6 cm³/mol. The highest BCUT2D eigenvalue weighted by Crippen LogP contribution is 2.29. The lowest BCUT2D eigenvalue weighted by molar-refractivity contribution is -0.141. The Morgan fingerprint density at radius 3 is 2.05 bits per heavy atom. The van der Waals surface area contributed by atoms with Crippen LogP contribution >= 0.6 is 0 Å². The van der Waals surface area contributed by atoms with Gasteiger partial charge in [0.1, 0.15) is 6.04 Å². The number of piperidine rings is 1. The van der Waals surface area contributed by atoms with Gasteiger partial charge in [0.15, 0.2) is 0 Å². The first-order valence-electron chi connectivity index (χ1n) is 5.85. The highest BCUT2D eigenvalue weighted by molar-refractivity contribution is 5.86. The van der Waals surface area contributed by atoms with Crippen molar-refractivity contribution in [3.05, 3.63) is 29.1 Å². The molecule has 0 aromatic heterocycles. The molecule has 1 heterocycles. The Balaban J connectivity index is 2.27. The minimum Gasteiger partial charge on any atom is -0.418 e. The maximum atomic E-state index is 13.3. The number of nitrogens with one attached hydrogen (secondary N) is 1. The number of amides is 1. The zero-order valence-corrected chi connectivity index (χ0v) is 10.3. The van der Waals surface area contributed by atoms with Crippen molar-refractivity contribution in [2.75, 3.05) is 0 Å². The van der Waals surface area contributed by atoms with Crippen molar-refractivity contribution < 1.29 is 36.3 Å². The van der Waals surface area contributed by atoms with Gasteiger partial charge in [0.05, 0.1) is 0 Å². The molecular formula is C12H8F5NO3. The fraction of sp³-hybridized carbons (Fsp3) is 0.333. The molecule has 1 aliphatic heterocycles. The first-order valence-corrected chi connectivity index (χ1v) is 5.85. The van der Waals surface area contributed by atoms with Crippen molar-refractivity contribution in [1.82, 2.24) is 5.32 Å². The second-order valence-electron chi connectivity index (χ2n) is 4.33. The van der Waals surface area contributed by atoms with E-state index in [1.807, 2.05) is 0 Å². The first-order chi connectivity index (χ1) is 9.82. The van der Waals surface area contributed by atoms with Crippen molar-refractivity contribution in [2.24, 2.45) is 0 Å². The molecular weight excluding hydrogens is 301 g/mol.